The molecule has 0 heterocycles. The van der Waals surface area contributed by atoms with Crippen molar-refractivity contribution in [3.05, 3.63) is 90.0 Å². The van der Waals surface area contributed by atoms with Gasteiger partial charge in [-0.25, -0.2) is 0 Å². The second kappa shape index (κ2) is 7.87. The Hall–Kier alpha value is -3.07. The highest BCUT2D eigenvalue weighted by atomic mass is 16.3. The van der Waals surface area contributed by atoms with Crippen molar-refractivity contribution in [2.75, 3.05) is 4.90 Å². The second-order valence-electron chi connectivity index (χ2n) is 6.58. The van der Waals surface area contributed by atoms with Crippen LogP contribution in [0.15, 0.2) is 78.9 Å². The number of phenolic OH excluding ortho intramolecular Hbond substituents is 1. The van der Waals surface area contributed by atoms with Gasteiger partial charge in [-0.15, -0.1) is 0 Å². The molecular formula is C23H23NO2. The Morgan fingerprint density at radius 1 is 0.846 bits per heavy atom. The Bertz CT molecular complexity index is 834. The molecule has 0 saturated carbocycles. The minimum Gasteiger partial charge on any atom is -0.508 e. The summed E-state index contributed by atoms with van der Waals surface area (Å²) in [5.41, 5.74) is 3.36. The molecule has 0 atom stereocenters. The molecule has 3 aromatic carbocycles. The van der Waals surface area contributed by atoms with Crippen molar-refractivity contribution >= 4 is 17.3 Å². The molecule has 3 heteroatoms. The molecule has 0 unspecified atom stereocenters. The first-order valence-corrected chi connectivity index (χ1v) is 8.81. The van der Waals surface area contributed by atoms with Gasteiger partial charge in [0.15, 0.2) is 0 Å². The Kier molecular flexibility index (Phi) is 5.37. The molecule has 3 aromatic rings. The lowest BCUT2D eigenvalue weighted by Gasteiger charge is -2.24. The van der Waals surface area contributed by atoms with E-state index in [1.165, 1.54) is 0 Å². The molecule has 0 bridgehead atoms. The maximum atomic E-state index is 13.2. The third kappa shape index (κ3) is 3.77. The number of nitrogens with zero attached hydrogens (tertiary/aromatic N) is 1. The molecule has 0 radical (unpaired) electrons. The normalized spacial score (nSPS) is 10.7. The molecule has 0 spiro atoms. The average molecular weight is 345 g/mol. The second-order valence-corrected chi connectivity index (χ2v) is 6.58. The molecule has 3 rings (SSSR count). The van der Waals surface area contributed by atoms with Crippen LogP contribution in [0.5, 0.6) is 5.75 Å². The minimum absolute atomic E-state index is 0.0325. The van der Waals surface area contributed by atoms with Gasteiger partial charge in [0.2, 0.25) is 5.91 Å². The highest BCUT2D eigenvalue weighted by molar-refractivity contribution is 6.01. The molecule has 0 fully saturated rings. The van der Waals surface area contributed by atoms with Crippen molar-refractivity contribution in [2.45, 2.75) is 26.2 Å². The monoisotopic (exact) mass is 345 g/mol. The number of carbonyl (C=O) groups is 1. The van der Waals surface area contributed by atoms with Crippen LogP contribution < -0.4 is 4.90 Å². The molecule has 0 saturated heterocycles. The fraction of sp³-hybridized carbons (Fsp3) is 0.174. The third-order valence-electron chi connectivity index (χ3n) is 4.37. The highest BCUT2D eigenvalue weighted by Crippen LogP contribution is 2.31. The third-order valence-corrected chi connectivity index (χ3v) is 4.37. The van der Waals surface area contributed by atoms with E-state index in [-0.39, 0.29) is 24.0 Å². The summed E-state index contributed by atoms with van der Waals surface area (Å²) >= 11 is 0. The largest absolute Gasteiger partial charge is 0.508 e. The van der Waals surface area contributed by atoms with Crippen LogP contribution in [-0.4, -0.2) is 11.0 Å². The van der Waals surface area contributed by atoms with Gasteiger partial charge < -0.3 is 5.11 Å². The summed E-state index contributed by atoms with van der Waals surface area (Å²) < 4.78 is 0. The van der Waals surface area contributed by atoms with Crippen LogP contribution in [0.3, 0.4) is 0 Å². The molecule has 0 aliphatic carbocycles. The summed E-state index contributed by atoms with van der Waals surface area (Å²) in [5.74, 6) is 0.354. The lowest BCUT2D eigenvalue weighted by atomic mass is 9.94. The fourth-order valence-electron chi connectivity index (χ4n) is 3.25. The van der Waals surface area contributed by atoms with Crippen molar-refractivity contribution in [1.29, 1.82) is 0 Å². The van der Waals surface area contributed by atoms with E-state index in [1.54, 1.807) is 17.0 Å². The van der Waals surface area contributed by atoms with Crippen LogP contribution in [0.25, 0.3) is 0 Å². The van der Waals surface area contributed by atoms with Crippen LogP contribution in [0.1, 0.15) is 30.9 Å². The molecule has 1 N–H and O–H groups in total. The van der Waals surface area contributed by atoms with Crippen LogP contribution in [0, 0.1) is 0 Å². The van der Waals surface area contributed by atoms with Crippen molar-refractivity contribution in [2.24, 2.45) is 0 Å². The number of hydrogen-bond acceptors (Lipinski definition) is 2. The van der Waals surface area contributed by atoms with Crippen molar-refractivity contribution in [3.8, 4) is 5.75 Å². The molecule has 0 aromatic heterocycles. The van der Waals surface area contributed by atoms with E-state index >= 15 is 0 Å². The number of phenols is 1. The van der Waals surface area contributed by atoms with E-state index in [9.17, 15) is 9.90 Å². The molecule has 132 valence electrons. The van der Waals surface area contributed by atoms with Gasteiger partial charge in [0.1, 0.15) is 5.75 Å². The zero-order valence-corrected chi connectivity index (χ0v) is 15.1. The first kappa shape index (κ1) is 17.7. The van der Waals surface area contributed by atoms with E-state index in [2.05, 4.69) is 0 Å². The SMILES string of the molecule is CC(C)c1c(O)cccc1CC(=O)N(c1ccccc1)c1ccccc1. The molecule has 26 heavy (non-hydrogen) atoms. The van der Waals surface area contributed by atoms with E-state index < -0.39 is 0 Å². The Labute approximate surface area is 154 Å². The lowest BCUT2D eigenvalue weighted by molar-refractivity contribution is -0.117. The van der Waals surface area contributed by atoms with Crippen LogP contribution in [-0.2, 0) is 11.2 Å². The summed E-state index contributed by atoms with van der Waals surface area (Å²) in [4.78, 5) is 15.0. The van der Waals surface area contributed by atoms with Crippen molar-refractivity contribution < 1.29 is 9.90 Å². The molecule has 1 amide bonds. The Balaban J connectivity index is 1.99. The van der Waals surface area contributed by atoms with Crippen LogP contribution >= 0.6 is 0 Å². The summed E-state index contributed by atoms with van der Waals surface area (Å²) in [6, 6.07) is 24.7. The molecule has 0 aliphatic heterocycles. The number of amides is 1. The predicted octanol–water partition coefficient (Wildman–Crippen LogP) is 5.42. The Morgan fingerprint density at radius 3 is 1.88 bits per heavy atom. The number of aromatic hydroxyl groups is 1. The smallest absolute Gasteiger partial charge is 0.235 e. The van der Waals surface area contributed by atoms with Gasteiger partial charge in [0.25, 0.3) is 0 Å². The van der Waals surface area contributed by atoms with Crippen LogP contribution in [0.4, 0.5) is 11.4 Å². The maximum Gasteiger partial charge on any atom is 0.235 e. The van der Waals surface area contributed by atoms with Crippen LogP contribution in [0.2, 0.25) is 0 Å². The Morgan fingerprint density at radius 2 is 1.38 bits per heavy atom. The summed E-state index contributed by atoms with van der Waals surface area (Å²) in [6.07, 6.45) is 0.228. The van der Waals surface area contributed by atoms with E-state index in [1.807, 2.05) is 80.6 Å². The molecular weight excluding hydrogens is 322 g/mol. The van der Waals surface area contributed by atoms with Gasteiger partial charge in [-0.3, -0.25) is 9.69 Å². The van der Waals surface area contributed by atoms with Gasteiger partial charge in [-0.05, 0) is 41.8 Å². The zero-order chi connectivity index (χ0) is 18.5. The number of hydrogen-bond donors (Lipinski definition) is 1. The summed E-state index contributed by atoms with van der Waals surface area (Å²) in [5, 5.41) is 10.2. The van der Waals surface area contributed by atoms with Gasteiger partial charge in [-0.1, -0.05) is 62.4 Å². The number of para-hydroxylation sites is 2. The molecule has 0 aliphatic rings. The van der Waals surface area contributed by atoms with E-state index in [4.69, 9.17) is 0 Å². The zero-order valence-electron chi connectivity index (χ0n) is 15.1. The van der Waals surface area contributed by atoms with Gasteiger partial charge >= 0.3 is 0 Å². The number of anilines is 2. The van der Waals surface area contributed by atoms with Gasteiger partial charge in [0.05, 0.1) is 6.42 Å². The first-order chi connectivity index (χ1) is 12.6. The quantitative estimate of drug-likeness (QED) is 0.670. The predicted molar refractivity (Wildman–Crippen MR) is 106 cm³/mol. The van der Waals surface area contributed by atoms with Gasteiger partial charge in [-0.2, -0.15) is 0 Å². The summed E-state index contributed by atoms with van der Waals surface area (Å²) in [7, 11) is 0. The van der Waals surface area contributed by atoms with Gasteiger partial charge in [0, 0.05) is 16.9 Å². The minimum atomic E-state index is -0.0325. The average Bonchev–Trinajstić information content (AvgIpc) is 2.63. The fourth-order valence-corrected chi connectivity index (χ4v) is 3.25. The summed E-state index contributed by atoms with van der Waals surface area (Å²) in [6.45, 7) is 4.05. The number of rotatable bonds is 5. The van der Waals surface area contributed by atoms with E-state index in [0.29, 0.717) is 0 Å². The van der Waals surface area contributed by atoms with Crippen molar-refractivity contribution in [3.63, 3.8) is 0 Å². The molecule has 3 nitrogen and oxygen atoms in total. The van der Waals surface area contributed by atoms with Crippen molar-refractivity contribution in [1.82, 2.24) is 0 Å². The lowest BCUT2D eigenvalue weighted by Crippen LogP contribution is -2.28. The standard InChI is InChI=1S/C23H23NO2/c1-17(2)23-18(10-9-15-21(23)25)16-22(26)24(19-11-5-3-6-12-19)20-13-7-4-8-14-20/h3-15,17,25H,16H2,1-2H3. The number of carbonyl (C=O) groups excluding carboxylic acids is 1. The maximum absolute atomic E-state index is 13.2. The van der Waals surface area contributed by atoms with E-state index in [0.717, 1.165) is 22.5 Å². The topological polar surface area (TPSA) is 40.5 Å². The first-order valence-electron chi connectivity index (χ1n) is 8.81. The number of benzene rings is 3. The highest BCUT2D eigenvalue weighted by Gasteiger charge is 2.21.